The predicted molar refractivity (Wildman–Crippen MR) is 70.9 cm³/mol. The molecule has 1 aromatic carbocycles. The van der Waals surface area contributed by atoms with Crippen molar-refractivity contribution in [3.8, 4) is 22.9 Å². The minimum Gasteiger partial charge on any atom is -0.493 e. The van der Waals surface area contributed by atoms with Gasteiger partial charge in [0.1, 0.15) is 5.82 Å². The van der Waals surface area contributed by atoms with Gasteiger partial charge in [-0.2, -0.15) is 0 Å². The molecule has 6 nitrogen and oxygen atoms in total. The molecule has 2 aromatic rings. The average Bonchev–Trinajstić information content (AvgIpc) is 2.46. The second-order valence-electron chi connectivity index (χ2n) is 3.83. The first-order chi connectivity index (χ1) is 9.19. The Morgan fingerprint density at radius 3 is 2.53 bits per heavy atom. The molecule has 2 rings (SSSR count). The summed E-state index contributed by atoms with van der Waals surface area (Å²) < 4.78 is 10.4. The van der Waals surface area contributed by atoms with Crippen molar-refractivity contribution in [3.05, 3.63) is 30.0 Å². The zero-order chi connectivity index (χ0) is 13.8. The van der Waals surface area contributed by atoms with E-state index in [0.717, 1.165) is 5.56 Å². The molecule has 0 bridgehead atoms. The zero-order valence-corrected chi connectivity index (χ0v) is 10.8. The lowest BCUT2D eigenvalue weighted by molar-refractivity contribution is 0.281. The lowest BCUT2D eigenvalue weighted by atomic mass is 10.2. The number of aromatic nitrogens is 2. The van der Waals surface area contributed by atoms with Crippen molar-refractivity contribution in [1.82, 2.24) is 9.97 Å². The van der Waals surface area contributed by atoms with Gasteiger partial charge in [0.2, 0.25) is 0 Å². The lowest BCUT2D eigenvalue weighted by Crippen LogP contribution is -2.01. The summed E-state index contributed by atoms with van der Waals surface area (Å²) in [6.07, 6.45) is 1.51. The van der Waals surface area contributed by atoms with Crippen LogP contribution in [-0.2, 0) is 6.61 Å². The van der Waals surface area contributed by atoms with Crippen LogP contribution in [0.15, 0.2) is 24.4 Å². The maximum atomic E-state index is 9.03. The minimum atomic E-state index is -0.182. The van der Waals surface area contributed by atoms with E-state index in [2.05, 4.69) is 9.97 Å². The summed E-state index contributed by atoms with van der Waals surface area (Å²) >= 11 is 0. The lowest BCUT2D eigenvalue weighted by Gasteiger charge is -2.09. The van der Waals surface area contributed by atoms with Gasteiger partial charge >= 0.3 is 0 Å². The first-order valence-corrected chi connectivity index (χ1v) is 5.64. The van der Waals surface area contributed by atoms with Gasteiger partial charge < -0.3 is 20.3 Å². The molecule has 0 fully saturated rings. The topological polar surface area (TPSA) is 90.5 Å². The molecule has 0 aliphatic rings. The molecule has 0 saturated carbocycles. The van der Waals surface area contributed by atoms with Crippen LogP contribution in [0.2, 0.25) is 0 Å². The number of hydrogen-bond donors (Lipinski definition) is 2. The van der Waals surface area contributed by atoms with E-state index in [0.29, 0.717) is 22.9 Å². The Bertz CT molecular complexity index is 587. The number of aliphatic hydroxyl groups is 1. The van der Waals surface area contributed by atoms with E-state index >= 15 is 0 Å². The van der Waals surface area contributed by atoms with E-state index < -0.39 is 0 Å². The van der Waals surface area contributed by atoms with Crippen LogP contribution in [0, 0.1) is 0 Å². The van der Waals surface area contributed by atoms with Crippen molar-refractivity contribution in [2.45, 2.75) is 6.61 Å². The number of aliphatic hydroxyl groups excluding tert-OH is 1. The third-order valence-electron chi connectivity index (χ3n) is 2.71. The highest BCUT2D eigenvalue weighted by molar-refractivity contribution is 5.62. The Balaban J connectivity index is 2.44. The molecule has 19 heavy (non-hydrogen) atoms. The number of hydrogen-bond acceptors (Lipinski definition) is 6. The van der Waals surface area contributed by atoms with Gasteiger partial charge in [-0.3, -0.25) is 0 Å². The van der Waals surface area contributed by atoms with Crippen molar-refractivity contribution < 1.29 is 14.6 Å². The molecule has 0 atom stereocenters. The van der Waals surface area contributed by atoms with Gasteiger partial charge in [-0.15, -0.1) is 0 Å². The third-order valence-corrected chi connectivity index (χ3v) is 2.71. The van der Waals surface area contributed by atoms with Crippen LogP contribution in [-0.4, -0.2) is 29.3 Å². The van der Waals surface area contributed by atoms with Crippen LogP contribution in [0.1, 0.15) is 5.56 Å². The molecule has 1 heterocycles. The Morgan fingerprint density at radius 1 is 1.21 bits per heavy atom. The monoisotopic (exact) mass is 261 g/mol. The number of nitrogen functional groups attached to an aromatic ring is 1. The van der Waals surface area contributed by atoms with Crippen LogP contribution < -0.4 is 15.2 Å². The molecule has 100 valence electrons. The van der Waals surface area contributed by atoms with Gasteiger partial charge in [0, 0.05) is 17.3 Å². The number of methoxy groups -OCH3 is 2. The molecule has 0 spiro atoms. The molecule has 3 N–H and O–H groups in total. The SMILES string of the molecule is COc1ccc(-c2ncc(CO)c(N)n2)cc1OC. The molecule has 6 heteroatoms. The summed E-state index contributed by atoms with van der Waals surface area (Å²) in [7, 11) is 3.13. The molecular weight excluding hydrogens is 246 g/mol. The predicted octanol–water partition coefficient (Wildman–Crippen LogP) is 1.24. The van der Waals surface area contributed by atoms with E-state index in [-0.39, 0.29) is 12.4 Å². The fourth-order valence-corrected chi connectivity index (χ4v) is 1.66. The Hall–Kier alpha value is -2.34. The van der Waals surface area contributed by atoms with Gasteiger partial charge in [-0.05, 0) is 18.2 Å². The van der Waals surface area contributed by atoms with Gasteiger partial charge in [-0.1, -0.05) is 0 Å². The fraction of sp³-hybridized carbons (Fsp3) is 0.231. The van der Waals surface area contributed by atoms with Crippen molar-refractivity contribution in [3.63, 3.8) is 0 Å². The highest BCUT2D eigenvalue weighted by Crippen LogP contribution is 2.31. The summed E-state index contributed by atoms with van der Waals surface area (Å²) in [6, 6.07) is 5.36. The largest absolute Gasteiger partial charge is 0.493 e. The molecule has 0 unspecified atom stereocenters. The number of rotatable bonds is 4. The highest BCUT2D eigenvalue weighted by Gasteiger charge is 2.09. The van der Waals surface area contributed by atoms with Crippen molar-refractivity contribution in [2.24, 2.45) is 0 Å². The number of benzene rings is 1. The molecule has 0 saturated heterocycles. The second kappa shape index (κ2) is 5.53. The summed E-state index contributed by atoms with van der Waals surface area (Å²) in [5.74, 6) is 1.96. The first-order valence-electron chi connectivity index (χ1n) is 5.64. The van der Waals surface area contributed by atoms with Gasteiger partial charge in [-0.25, -0.2) is 9.97 Å². The summed E-state index contributed by atoms with van der Waals surface area (Å²) in [4.78, 5) is 8.32. The Morgan fingerprint density at radius 2 is 1.95 bits per heavy atom. The fourth-order valence-electron chi connectivity index (χ4n) is 1.66. The third kappa shape index (κ3) is 2.58. The Kier molecular flexibility index (Phi) is 3.82. The van der Waals surface area contributed by atoms with Crippen LogP contribution in [0.4, 0.5) is 5.82 Å². The highest BCUT2D eigenvalue weighted by atomic mass is 16.5. The van der Waals surface area contributed by atoms with Crippen molar-refractivity contribution >= 4 is 5.82 Å². The van der Waals surface area contributed by atoms with E-state index in [1.807, 2.05) is 6.07 Å². The quantitative estimate of drug-likeness (QED) is 0.860. The zero-order valence-electron chi connectivity index (χ0n) is 10.8. The second-order valence-corrected chi connectivity index (χ2v) is 3.83. The van der Waals surface area contributed by atoms with Crippen molar-refractivity contribution in [2.75, 3.05) is 20.0 Å². The van der Waals surface area contributed by atoms with Crippen molar-refractivity contribution in [1.29, 1.82) is 0 Å². The van der Waals surface area contributed by atoms with Crippen LogP contribution in [0.5, 0.6) is 11.5 Å². The van der Waals surface area contributed by atoms with E-state index in [1.165, 1.54) is 6.20 Å². The standard InChI is InChI=1S/C13H15N3O3/c1-18-10-4-3-8(5-11(10)19-2)13-15-6-9(7-17)12(14)16-13/h3-6,17H,7H2,1-2H3,(H2,14,15,16). The number of anilines is 1. The van der Waals surface area contributed by atoms with E-state index in [9.17, 15) is 0 Å². The van der Waals surface area contributed by atoms with E-state index in [4.69, 9.17) is 20.3 Å². The maximum absolute atomic E-state index is 9.03. The van der Waals surface area contributed by atoms with E-state index in [1.54, 1.807) is 26.4 Å². The minimum absolute atomic E-state index is 0.182. The van der Waals surface area contributed by atoms with Gasteiger partial charge in [0.25, 0.3) is 0 Å². The molecular formula is C13H15N3O3. The van der Waals surface area contributed by atoms with Crippen LogP contribution >= 0.6 is 0 Å². The first kappa shape index (κ1) is 13.1. The Labute approximate surface area is 110 Å². The molecule has 0 aliphatic heterocycles. The number of nitrogens with zero attached hydrogens (tertiary/aromatic N) is 2. The van der Waals surface area contributed by atoms with Crippen LogP contribution in [0.3, 0.4) is 0 Å². The van der Waals surface area contributed by atoms with Crippen LogP contribution in [0.25, 0.3) is 11.4 Å². The molecule has 0 amide bonds. The van der Waals surface area contributed by atoms with Gasteiger partial charge in [0.15, 0.2) is 17.3 Å². The average molecular weight is 261 g/mol. The summed E-state index contributed by atoms with van der Waals surface area (Å²) in [6.45, 7) is -0.182. The summed E-state index contributed by atoms with van der Waals surface area (Å²) in [5.41, 5.74) is 6.99. The molecule has 0 aliphatic carbocycles. The summed E-state index contributed by atoms with van der Waals surface area (Å²) in [5, 5.41) is 9.03. The smallest absolute Gasteiger partial charge is 0.161 e. The molecule has 0 radical (unpaired) electrons. The normalized spacial score (nSPS) is 10.3. The maximum Gasteiger partial charge on any atom is 0.161 e. The number of nitrogens with two attached hydrogens (primary N) is 1. The van der Waals surface area contributed by atoms with Gasteiger partial charge in [0.05, 0.1) is 20.8 Å². The molecule has 1 aromatic heterocycles. The number of ether oxygens (including phenoxy) is 2.